The van der Waals surface area contributed by atoms with E-state index in [1.54, 1.807) is 12.1 Å². The number of guanidine groups is 1. The minimum atomic E-state index is -0.184. The van der Waals surface area contributed by atoms with Crippen molar-refractivity contribution in [2.45, 2.75) is 32.3 Å². The van der Waals surface area contributed by atoms with Crippen molar-refractivity contribution < 1.29 is 9.53 Å². The van der Waals surface area contributed by atoms with Gasteiger partial charge in [0.2, 0.25) is 5.96 Å². The van der Waals surface area contributed by atoms with Crippen molar-refractivity contribution in [1.82, 2.24) is 5.32 Å². The molecule has 5 heteroatoms. The molecule has 1 saturated heterocycles. The Morgan fingerprint density at radius 1 is 1.19 bits per heavy atom. The molecular weight excluding hydrogens is 326 g/mol. The molecule has 0 radical (unpaired) electrons. The number of hydrogen-bond acceptors (Lipinski definition) is 3. The number of carbonyl (C=O) groups excluding carboxylic acids is 1. The van der Waals surface area contributed by atoms with Gasteiger partial charge >= 0.3 is 0 Å². The lowest BCUT2D eigenvalue weighted by molar-refractivity contribution is 0.0975. The van der Waals surface area contributed by atoms with E-state index in [2.05, 4.69) is 34.7 Å². The Balaban J connectivity index is 1.74. The summed E-state index contributed by atoms with van der Waals surface area (Å²) in [6.07, 6.45) is 3.16. The minimum Gasteiger partial charge on any atom is -0.376 e. The summed E-state index contributed by atoms with van der Waals surface area (Å²) >= 11 is 0. The zero-order valence-electron chi connectivity index (χ0n) is 15.1. The highest BCUT2D eigenvalue weighted by molar-refractivity contribution is 6.09. The normalized spacial score (nSPS) is 17.1. The Labute approximate surface area is 154 Å². The highest BCUT2D eigenvalue weighted by Gasteiger charge is 2.16. The van der Waals surface area contributed by atoms with E-state index in [0.29, 0.717) is 18.1 Å². The van der Waals surface area contributed by atoms with Gasteiger partial charge in [-0.15, -0.1) is 0 Å². The summed E-state index contributed by atoms with van der Waals surface area (Å²) in [6.45, 7) is 3.44. The lowest BCUT2D eigenvalue weighted by Gasteiger charge is -2.14. The van der Waals surface area contributed by atoms with E-state index in [1.165, 1.54) is 5.56 Å². The van der Waals surface area contributed by atoms with Gasteiger partial charge in [-0.05, 0) is 49.1 Å². The second kappa shape index (κ2) is 9.15. The topological polar surface area (TPSA) is 62.7 Å². The van der Waals surface area contributed by atoms with Gasteiger partial charge in [-0.25, -0.2) is 4.99 Å². The molecule has 136 valence electrons. The molecule has 1 unspecified atom stereocenters. The van der Waals surface area contributed by atoms with Crippen molar-refractivity contribution in [1.29, 1.82) is 0 Å². The van der Waals surface area contributed by atoms with E-state index in [1.807, 2.05) is 30.3 Å². The summed E-state index contributed by atoms with van der Waals surface area (Å²) in [6, 6.07) is 17.3. The van der Waals surface area contributed by atoms with Crippen LogP contribution in [0.1, 0.15) is 35.7 Å². The van der Waals surface area contributed by atoms with Crippen LogP contribution in [0.5, 0.6) is 0 Å². The van der Waals surface area contributed by atoms with Crippen molar-refractivity contribution in [3.05, 3.63) is 65.7 Å². The molecule has 5 nitrogen and oxygen atoms in total. The van der Waals surface area contributed by atoms with Crippen LogP contribution in [-0.2, 0) is 11.2 Å². The van der Waals surface area contributed by atoms with Crippen LogP contribution in [0, 0.1) is 0 Å². The number of aryl methyl sites for hydroxylation is 1. The van der Waals surface area contributed by atoms with E-state index in [-0.39, 0.29) is 12.0 Å². The lowest BCUT2D eigenvalue weighted by Crippen LogP contribution is -2.36. The van der Waals surface area contributed by atoms with Gasteiger partial charge < -0.3 is 10.1 Å². The maximum absolute atomic E-state index is 12.5. The molecule has 2 aromatic rings. The van der Waals surface area contributed by atoms with Crippen LogP contribution < -0.4 is 10.6 Å². The van der Waals surface area contributed by atoms with Crippen molar-refractivity contribution in [3.8, 4) is 0 Å². The SMILES string of the molecule is CCc1cccc(NC(=NCC2CCCO2)NC(=O)c2ccccc2)c1. The van der Waals surface area contributed by atoms with Crippen molar-refractivity contribution in [2.75, 3.05) is 18.5 Å². The predicted molar refractivity (Wildman–Crippen MR) is 105 cm³/mol. The third-order valence-electron chi connectivity index (χ3n) is 4.34. The second-order valence-corrected chi connectivity index (χ2v) is 6.32. The predicted octanol–water partition coefficient (Wildman–Crippen LogP) is 3.63. The molecule has 0 spiro atoms. The standard InChI is InChI=1S/C21H25N3O2/c1-2-16-8-6-11-18(14-16)23-21(22-15-19-12-7-13-26-19)24-20(25)17-9-4-3-5-10-17/h3-6,8-11,14,19H,2,7,12-13,15H2,1H3,(H2,22,23,24,25). The molecule has 0 bridgehead atoms. The van der Waals surface area contributed by atoms with Crippen LogP contribution in [-0.4, -0.2) is 31.1 Å². The molecule has 1 fully saturated rings. The van der Waals surface area contributed by atoms with E-state index >= 15 is 0 Å². The van der Waals surface area contributed by atoms with Crippen LogP contribution in [0.15, 0.2) is 59.6 Å². The number of ether oxygens (including phenoxy) is 1. The number of benzene rings is 2. The van der Waals surface area contributed by atoms with Crippen LogP contribution in [0.3, 0.4) is 0 Å². The fourth-order valence-electron chi connectivity index (χ4n) is 2.87. The van der Waals surface area contributed by atoms with E-state index < -0.39 is 0 Å². The summed E-state index contributed by atoms with van der Waals surface area (Å²) in [5.74, 6) is 0.262. The van der Waals surface area contributed by atoms with Gasteiger partial charge in [0, 0.05) is 17.9 Å². The van der Waals surface area contributed by atoms with Crippen molar-refractivity contribution in [3.63, 3.8) is 0 Å². The monoisotopic (exact) mass is 351 g/mol. The third-order valence-corrected chi connectivity index (χ3v) is 4.34. The first kappa shape index (κ1) is 18.1. The van der Waals surface area contributed by atoms with Gasteiger partial charge in [0.15, 0.2) is 0 Å². The van der Waals surface area contributed by atoms with Gasteiger partial charge in [0.25, 0.3) is 5.91 Å². The molecule has 0 aromatic heterocycles. The van der Waals surface area contributed by atoms with Crippen molar-refractivity contribution in [2.24, 2.45) is 4.99 Å². The number of aliphatic imine (C=N–C) groups is 1. The maximum atomic E-state index is 12.5. The van der Waals surface area contributed by atoms with Gasteiger partial charge in [-0.2, -0.15) is 0 Å². The number of carbonyl (C=O) groups is 1. The molecular formula is C21H25N3O2. The molecule has 3 rings (SSSR count). The fourth-order valence-corrected chi connectivity index (χ4v) is 2.87. The Morgan fingerprint density at radius 3 is 2.77 bits per heavy atom. The average molecular weight is 351 g/mol. The van der Waals surface area contributed by atoms with Gasteiger partial charge in [0.1, 0.15) is 0 Å². The molecule has 26 heavy (non-hydrogen) atoms. The molecule has 2 N–H and O–H groups in total. The number of anilines is 1. The fraction of sp³-hybridized carbons (Fsp3) is 0.333. The molecule has 1 atom stereocenters. The molecule has 2 aromatic carbocycles. The smallest absolute Gasteiger partial charge is 0.257 e. The third kappa shape index (κ3) is 5.17. The molecule has 0 aliphatic carbocycles. The summed E-state index contributed by atoms with van der Waals surface area (Å²) in [7, 11) is 0. The highest BCUT2D eigenvalue weighted by Crippen LogP contribution is 2.13. The minimum absolute atomic E-state index is 0.127. The van der Waals surface area contributed by atoms with Gasteiger partial charge in [-0.1, -0.05) is 37.3 Å². The van der Waals surface area contributed by atoms with E-state index in [9.17, 15) is 4.79 Å². The lowest BCUT2D eigenvalue weighted by atomic mass is 10.1. The summed E-state index contributed by atoms with van der Waals surface area (Å²) in [4.78, 5) is 17.1. The Morgan fingerprint density at radius 2 is 2.04 bits per heavy atom. The summed E-state index contributed by atoms with van der Waals surface area (Å²) < 4.78 is 5.63. The molecule has 1 aliphatic rings. The molecule has 0 saturated carbocycles. The first-order valence-electron chi connectivity index (χ1n) is 9.13. The second-order valence-electron chi connectivity index (χ2n) is 6.32. The molecule has 1 aliphatic heterocycles. The number of rotatable bonds is 5. The maximum Gasteiger partial charge on any atom is 0.257 e. The van der Waals surface area contributed by atoms with Crippen LogP contribution in [0.4, 0.5) is 5.69 Å². The first-order valence-corrected chi connectivity index (χ1v) is 9.13. The number of nitrogens with one attached hydrogen (secondary N) is 2. The zero-order valence-corrected chi connectivity index (χ0v) is 15.1. The Kier molecular flexibility index (Phi) is 6.39. The van der Waals surface area contributed by atoms with E-state index in [4.69, 9.17) is 4.74 Å². The first-order chi connectivity index (χ1) is 12.7. The quantitative estimate of drug-likeness (QED) is 0.639. The van der Waals surface area contributed by atoms with Gasteiger partial charge in [-0.3, -0.25) is 10.1 Å². The largest absolute Gasteiger partial charge is 0.376 e. The molecule has 1 amide bonds. The Hall–Kier alpha value is -2.66. The van der Waals surface area contributed by atoms with E-state index in [0.717, 1.165) is 31.6 Å². The number of nitrogens with zero attached hydrogens (tertiary/aromatic N) is 1. The van der Waals surface area contributed by atoms with Crippen LogP contribution in [0.25, 0.3) is 0 Å². The average Bonchev–Trinajstić information content (AvgIpc) is 3.20. The highest BCUT2D eigenvalue weighted by atomic mass is 16.5. The number of hydrogen-bond donors (Lipinski definition) is 2. The molecule has 1 heterocycles. The van der Waals surface area contributed by atoms with Crippen LogP contribution in [0.2, 0.25) is 0 Å². The summed E-state index contributed by atoms with van der Waals surface area (Å²) in [5.41, 5.74) is 2.73. The number of amides is 1. The Bertz CT molecular complexity index is 753. The summed E-state index contributed by atoms with van der Waals surface area (Å²) in [5, 5.41) is 6.13. The van der Waals surface area contributed by atoms with Crippen molar-refractivity contribution >= 4 is 17.6 Å². The van der Waals surface area contributed by atoms with Gasteiger partial charge in [0.05, 0.1) is 12.6 Å². The zero-order chi connectivity index (χ0) is 18.2. The van der Waals surface area contributed by atoms with Crippen LogP contribution >= 0.6 is 0 Å².